The van der Waals surface area contributed by atoms with Crippen LogP contribution in [-0.4, -0.2) is 29.5 Å². The van der Waals surface area contributed by atoms with E-state index in [2.05, 4.69) is 24.3 Å². The van der Waals surface area contributed by atoms with E-state index in [-0.39, 0.29) is 11.7 Å². The molecule has 0 amide bonds. The van der Waals surface area contributed by atoms with Gasteiger partial charge in [-0.25, -0.2) is 0 Å². The third-order valence-corrected chi connectivity index (χ3v) is 4.71. The summed E-state index contributed by atoms with van der Waals surface area (Å²) < 4.78 is 18.4. The quantitative estimate of drug-likeness (QED) is 0.832. The molecule has 0 spiro atoms. The Bertz CT molecular complexity index is 841. The first kappa shape index (κ1) is 19.9. The van der Waals surface area contributed by atoms with Gasteiger partial charge in [0, 0.05) is 19.1 Å². The normalized spacial score (nSPS) is 23.8. The molecule has 0 unspecified atom stereocenters. The smallest absolute Gasteiger partial charge is 0.239 e. The van der Waals surface area contributed by atoms with E-state index in [0.29, 0.717) is 12.2 Å². The monoisotopic (exact) mass is 370 g/mol. The number of aliphatic hydroxyl groups is 1. The van der Waals surface area contributed by atoms with Gasteiger partial charge < -0.3 is 19.3 Å². The fourth-order valence-electron chi connectivity index (χ4n) is 3.45. The first-order valence-corrected chi connectivity index (χ1v) is 9.38. The lowest BCUT2D eigenvalue weighted by molar-refractivity contribution is -0.252. The van der Waals surface area contributed by atoms with Crippen LogP contribution in [0.5, 0.6) is 0 Å². The summed E-state index contributed by atoms with van der Waals surface area (Å²) in [6.07, 6.45) is 2.12. The fraction of sp³-hybridized carbons (Fsp3) is 0.478. The maximum Gasteiger partial charge on any atom is 0.239 e. The van der Waals surface area contributed by atoms with Gasteiger partial charge in [-0.05, 0) is 57.5 Å². The van der Waals surface area contributed by atoms with Crippen molar-refractivity contribution in [1.82, 2.24) is 0 Å². The van der Waals surface area contributed by atoms with E-state index in [1.165, 1.54) is 0 Å². The molecule has 2 aromatic carbocycles. The Balaban J connectivity index is 2.07. The summed E-state index contributed by atoms with van der Waals surface area (Å²) >= 11 is 0. The molecule has 27 heavy (non-hydrogen) atoms. The zero-order valence-electron chi connectivity index (χ0n) is 17.1. The average molecular weight is 370 g/mol. The Kier molecular flexibility index (Phi) is 5.10. The second kappa shape index (κ2) is 6.93. The van der Waals surface area contributed by atoms with Gasteiger partial charge in [-0.15, -0.1) is 0 Å². The second-order valence-electron chi connectivity index (χ2n) is 8.68. The van der Waals surface area contributed by atoms with E-state index >= 15 is 0 Å². The maximum absolute atomic E-state index is 10.6. The number of rotatable bonds is 4. The van der Waals surface area contributed by atoms with Crippen molar-refractivity contribution < 1.29 is 19.3 Å². The molecule has 1 N–H and O–H groups in total. The van der Waals surface area contributed by atoms with Crippen LogP contribution in [0.1, 0.15) is 46.6 Å². The SMILES string of the molecule is CO[C@@]1(c2ccc3ccccc3c2)C[C@H](OC(C)(C)C)C=C(C(C)(C)O)O1. The Morgan fingerprint density at radius 3 is 2.30 bits per heavy atom. The second-order valence-corrected chi connectivity index (χ2v) is 8.68. The summed E-state index contributed by atoms with van der Waals surface area (Å²) in [6.45, 7) is 9.47. The van der Waals surface area contributed by atoms with Crippen LogP contribution >= 0.6 is 0 Å². The largest absolute Gasteiger partial charge is 0.459 e. The highest BCUT2D eigenvalue weighted by atomic mass is 16.7. The van der Waals surface area contributed by atoms with Crippen LogP contribution < -0.4 is 0 Å². The molecular weight excluding hydrogens is 340 g/mol. The Morgan fingerprint density at radius 1 is 1.04 bits per heavy atom. The molecule has 1 aliphatic heterocycles. The van der Waals surface area contributed by atoms with E-state index in [9.17, 15) is 5.11 Å². The zero-order chi connectivity index (χ0) is 19.9. The number of hydrogen-bond donors (Lipinski definition) is 1. The number of ether oxygens (including phenoxy) is 3. The minimum absolute atomic E-state index is 0.244. The van der Waals surface area contributed by atoms with Crippen molar-refractivity contribution in [1.29, 1.82) is 0 Å². The Hall–Kier alpha value is -1.88. The van der Waals surface area contributed by atoms with Crippen LogP contribution in [-0.2, 0) is 20.0 Å². The van der Waals surface area contributed by atoms with Crippen molar-refractivity contribution in [3.05, 3.63) is 59.9 Å². The molecule has 0 aromatic heterocycles. The van der Waals surface area contributed by atoms with Gasteiger partial charge in [0.1, 0.15) is 11.4 Å². The molecule has 0 fully saturated rings. The van der Waals surface area contributed by atoms with Crippen molar-refractivity contribution in [2.24, 2.45) is 0 Å². The average Bonchev–Trinajstić information content (AvgIpc) is 2.58. The number of fused-ring (bicyclic) bond motifs is 1. The standard InChI is InChI=1S/C23H30O4/c1-21(2,3)26-19-14-20(22(4,5)24)27-23(15-19,25-6)18-12-11-16-9-7-8-10-17(16)13-18/h7-14,19,24H,15H2,1-6H3/t19-,23+/m1/s1. The molecule has 3 rings (SSSR count). The van der Waals surface area contributed by atoms with Crippen molar-refractivity contribution in [2.45, 2.75) is 64.1 Å². The van der Waals surface area contributed by atoms with Gasteiger partial charge in [-0.1, -0.05) is 36.4 Å². The molecule has 1 heterocycles. The van der Waals surface area contributed by atoms with Crippen LogP contribution in [0.2, 0.25) is 0 Å². The molecule has 4 heteroatoms. The van der Waals surface area contributed by atoms with E-state index in [4.69, 9.17) is 14.2 Å². The van der Waals surface area contributed by atoms with Gasteiger partial charge >= 0.3 is 0 Å². The number of benzene rings is 2. The van der Waals surface area contributed by atoms with Gasteiger partial charge in [0.25, 0.3) is 0 Å². The highest BCUT2D eigenvalue weighted by Gasteiger charge is 2.45. The molecule has 4 nitrogen and oxygen atoms in total. The number of methoxy groups -OCH3 is 1. The Morgan fingerprint density at radius 2 is 1.70 bits per heavy atom. The van der Waals surface area contributed by atoms with E-state index < -0.39 is 11.4 Å². The summed E-state index contributed by atoms with van der Waals surface area (Å²) in [5.41, 5.74) is -0.562. The summed E-state index contributed by atoms with van der Waals surface area (Å²) in [5.74, 6) is -0.567. The van der Waals surface area contributed by atoms with Crippen LogP contribution in [0.25, 0.3) is 10.8 Å². The lowest BCUT2D eigenvalue weighted by atomic mass is 9.91. The minimum atomic E-state index is -1.14. The first-order valence-electron chi connectivity index (χ1n) is 9.38. The van der Waals surface area contributed by atoms with Gasteiger partial charge in [0.05, 0.1) is 11.7 Å². The third kappa shape index (κ3) is 4.34. The molecule has 2 aromatic rings. The summed E-state index contributed by atoms with van der Waals surface area (Å²) in [5, 5.41) is 12.9. The molecule has 0 saturated heterocycles. The van der Waals surface area contributed by atoms with Crippen molar-refractivity contribution in [3.63, 3.8) is 0 Å². The minimum Gasteiger partial charge on any atom is -0.459 e. The van der Waals surface area contributed by atoms with Gasteiger partial charge in [-0.2, -0.15) is 0 Å². The lowest BCUT2D eigenvalue weighted by Gasteiger charge is -2.43. The lowest BCUT2D eigenvalue weighted by Crippen LogP contribution is -2.45. The highest BCUT2D eigenvalue weighted by molar-refractivity contribution is 5.83. The molecule has 146 valence electrons. The molecule has 0 radical (unpaired) electrons. The topological polar surface area (TPSA) is 47.9 Å². The van der Waals surface area contributed by atoms with E-state index in [1.807, 2.05) is 45.0 Å². The number of hydrogen-bond acceptors (Lipinski definition) is 4. The van der Waals surface area contributed by atoms with Crippen molar-refractivity contribution in [3.8, 4) is 0 Å². The van der Waals surface area contributed by atoms with Gasteiger partial charge in [0.15, 0.2) is 0 Å². The molecular formula is C23H30O4. The molecule has 0 bridgehead atoms. The van der Waals surface area contributed by atoms with Crippen LogP contribution in [0.4, 0.5) is 0 Å². The van der Waals surface area contributed by atoms with Gasteiger partial charge in [0.2, 0.25) is 5.79 Å². The Labute approximate surface area is 161 Å². The van der Waals surface area contributed by atoms with Crippen molar-refractivity contribution in [2.75, 3.05) is 7.11 Å². The fourth-order valence-corrected chi connectivity index (χ4v) is 3.45. The van der Waals surface area contributed by atoms with E-state index in [0.717, 1.165) is 16.3 Å². The third-order valence-electron chi connectivity index (χ3n) is 4.71. The van der Waals surface area contributed by atoms with Crippen LogP contribution in [0.15, 0.2) is 54.3 Å². The van der Waals surface area contributed by atoms with Crippen LogP contribution in [0.3, 0.4) is 0 Å². The molecule has 2 atom stereocenters. The molecule has 0 aliphatic carbocycles. The summed E-state index contributed by atoms with van der Waals surface area (Å²) in [4.78, 5) is 0. The predicted molar refractivity (Wildman–Crippen MR) is 107 cm³/mol. The van der Waals surface area contributed by atoms with Crippen molar-refractivity contribution >= 4 is 10.8 Å². The first-order chi connectivity index (χ1) is 12.5. The van der Waals surface area contributed by atoms with Crippen LogP contribution in [0, 0.1) is 0 Å². The van der Waals surface area contributed by atoms with E-state index in [1.54, 1.807) is 21.0 Å². The summed E-state index contributed by atoms with van der Waals surface area (Å²) in [7, 11) is 1.64. The zero-order valence-corrected chi connectivity index (χ0v) is 17.1. The molecule has 1 aliphatic rings. The highest BCUT2D eigenvalue weighted by Crippen LogP contribution is 2.42. The molecule has 0 saturated carbocycles. The van der Waals surface area contributed by atoms with Gasteiger partial charge in [-0.3, -0.25) is 0 Å². The predicted octanol–water partition coefficient (Wildman–Crippen LogP) is 4.90. The summed E-state index contributed by atoms with van der Waals surface area (Å²) in [6, 6.07) is 14.4. The maximum atomic E-state index is 10.6.